The molecule has 3 rings (SSSR count). The second kappa shape index (κ2) is 9.65. The SMILES string of the molecule is COC(=O)c1ccc(-c2c(C)c(O)c(O)c(C=O)c2Cc2c(C)cc(OC)cc2OC)cc1. The predicted octanol–water partition coefficient (Wildman–Crippen LogP) is 4.59. The molecule has 3 aromatic carbocycles. The molecule has 172 valence electrons. The van der Waals surface area contributed by atoms with Gasteiger partial charge in [-0.25, -0.2) is 4.79 Å². The number of aromatic hydroxyl groups is 2. The predicted molar refractivity (Wildman–Crippen MR) is 124 cm³/mol. The Bertz CT molecular complexity index is 1210. The van der Waals surface area contributed by atoms with Crippen molar-refractivity contribution in [2.24, 2.45) is 0 Å². The number of rotatable bonds is 7. The van der Waals surface area contributed by atoms with Gasteiger partial charge >= 0.3 is 5.97 Å². The molecule has 0 radical (unpaired) electrons. The lowest BCUT2D eigenvalue weighted by atomic mass is 9.85. The second-order valence-corrected chi connectivity index (χ2v) is 7.58. The molecule has 0 spiro atoms. The number of phenolic OH excluding ortho intramolecular Hbond substituents is 2. The van der Waals surface area contributed by atoms with Gasteiger partial charge in [0.2, 0.25) is 0 Å². The van der Waals surface area contributed by atoms with Crippen molar-refractivity contribution in [2.45, 2.75) is 20.3 Å². The van der Waals surface area contributed by atoms with E-state index in [9.17, 15) is 19.8 Å². The van der Waals surface area contributed by atoms with Crippen molar-refractivity contribution in [2.75, 3.05) is 21.3 Å². The van der Waals surface area contributed by atoms with E-state index in [-0.39, 0.29) is 17.7 Å². The molecule has 0 saturated heterocycles. The van der Waals surface area contributed by atoms with Crippen LogP contribution in [0.5, 0.6) is 23.0 Å². The Morgan fingerprint density at radius 3 is 2.15 bits per heavy atom. The minimum atomic E-state index is -0.474. The molecular formula is C26H26O7. The first-order chi connectivity index (χ1) is 15.8. The van der Waals surface area contributed by atoms with Crippen LogP contribution in [-0.2, 0) is 11.2 Å². The molecule has 0 heterocycles. The summed E-state index contributed by atoms with van der Waals surface area (Å²) in [6, 6.07) is 10.2. The summed E-state index contributed by atoms with van der Waals surface area (Å²) < 4.78 is 15.6. The molecule has 0 aliphatic rings. The maximum Gasteiger partial charge on any atom is 0.337 e. The van der Waals surface area contributed by atoms with Gasteiger partial charge < -0.3 is 24.4 Å². The summed E-state index contributed by atoms with van der Waals surface area (Å²) in [5, 5.41) is 21.1. The van der Waals surface area contributed by atoms with Gasteiger partial charge in [-0.15, -0.1) is 0 Å². The van der Waals surface area contributed by atoms with Gasteiger partial charge in [0.1, 0.15) is 11.5 Å². The van der Waals surface area contributed by atoms with E-state index in [0.717, 1.165) is 11.1 Å². The number of methoxy groups -OCH3 is 3. The smallest absolute Gasteiger partial charge is 0.337 e. The van der Waals surface area contributed by atoms with Crippen LogP contribution in [-0.4, -0.2) is 43.8 Å². The highest BCUT2D eigenvalue weighted by Crippen LogP contribution is 2.44. The minimum absolute atomic E-state index is 0.0117. The van der Waals surface area contributed by atoms with Crippen LogP contribution in [0.25, 0.3) is 11.1 Å². The molecule has 2 N–H and O–H groups in total. The fraction of sp³-hybridized carbons (Fsp3) is 0.231. The van der Waals surface area contributed by atoms with Crippen LogP contribution in [0.15, 0.2) is 36.4 Å². The number of benzene rings is 3. The van der Waals surface area contributed by atoms with Gasteiger partial charge in [0, 0.05) is 23.6 Å². The van der Waals surface area contributed by atoms with E-state index in [1.54, 1.807) is 51.5 Å². The lowest BCUT2D eigenvalue weighted by Crippen LogP contribution is -2.05. The number of hydrogen-bond donors (Lipinski definition) is 2. The largest absolute Gasteiger partial charge is 0.504 e. The van der Waals surface area contributed by atoms with Crippen molar-refractivity contribution in [1.29, 1.82) is 0 Å². The van der Waals surface area contributed by atoms with Crippen molar-refractivity contribution >= 4 is 12.3 Å². The van der Waals surface area contributed by atoms with Gasteiger partial charge in [-0.3, -0.25) is 4.79 Å². The van der Waals surface area contributed by atoms with Crippen LogP contribution < -0.4 is 9.47 Å². The quantitative estimate of drug-likeness (QED) is 0.308. The van der Waals surface area contributed by atoms with E-state index in [0.29, 0.717) is 45.6 Å². The van der Waals surface area contributed by atoms with Crippen molar-refractivity contribution in [3.8, 4) is 34.1 Å². The molecule has 0 fully saturated rings. The first kappa shape index (κ1) is 23.7. The number of aldehydes is 1. The maximum atomic E-state index is 12.0. The van der Waals surface area contributed by atoms with Crippen molar-refractivity contribution < 1.29 is 34.0 Å². The summed E-state index contributed by atoms with van der Waals surface area (Å²) in [7, 11) is 4.41. The number of phenols is 2. The van der Waals surface area contributed by atoms with E-state index in [4.69, 9.17) is 14.2 Å². The Labute approximate surface area is 192 Å². The van der Waals surface area contributed by atoms with Crippen molar-refractivity contribution in [3.63, 3.8) is 0 Å². The van der Waals surface area contributed by atoms with Gasteiger partial charge in [-0.1, -0.05) is 12.1 Å². The van der Waals surface area contributed by atoms with Crippen LogP contribution in [0.2, 0.25) is 0 Å². The highest BCUT2D eigenvalue weighted by molar-refractivity contribution is 5.93. The molecule has 0 aliphatic heterocycles. The second-order valence-electron chi connectivity index (χ2n) is 7.58. The number of carbonyl (C=O) groups excluding carboxylic acids is 2. The van der Waals surface area contributed by atoms with E-state index < -0.39 is 11.7 Å². The fourth-order valence-corrected chi connectivity index (χ4v) is 3.98. The molecule has 0 aliphatic carbocycles. The first-order valence-corrected chi connectivity index (χ1v) is 10.2. The van der Waals surface area contributed by atoms with Crippen LogP contribution in [0.4, 0.5) is 0 Å². The van der Waals surface area contributed by atoms with Crippen molar-refractivity contribution in [1.82, 2.24) is 0 Å². The van der Waals surface area contributed by atoms with E-state index in [1.807, 2.05) is 13.0 Å². The molecule has 0 atom stereocenters. The molecular weight excluding hydrogens is 424 g/mol. The molecule has 0 amide bonds. The summed E-state index contributed by atoms with van der Waals surface area (Å²) in [6.07, 6.45) is 0.775. The molecule has 3 aromatic rings. The Morgan fingerprint density at radius 1 is 0.939 bits per heavy atom. The number of aryl methyl sites for hydroxylation is 1. The molecule has 0 bridgehead atoms. The monoisotopic (exact) mass is 450 g/mol. The van der Waals surface area contributed by atoms with Crippen LogP contribution >= 0.6 is 0 Å². The fourth-order valence-electron chi connectivity index (χ4n) is 3.98. The molecule has 0 unspecified atom stereocenters. The normalized spacial score (nSPS) is 10.6. The maximum absolute atomic E-state index is 12.0. The Balaban J connectivity index is 2.28. The highest BCUT2D eigenvalue weighted by Gasteiger charge is 2.24. The standard InChI is InChI=1S/C26H26O7/c1-14-10-18(31-3)11-22(32-4)19(14)12-20-21(13-27)25(29)24(28)15(2)23(20)16-6-8-17(9-7-16)26(30)33-5/h6-11,13,28-29H,12H2,1-5H3. The third kappa shape index (κ3) is 4.35. The number of hydrogen-bond acceptors (Lipinski definition) is 7. The Kier molecular flexibility index (Phi) is 6.92. The summed E-state index contributed by atoms with van der Waals surface area (Å²) in [5.74, 6) is -0.115. The van der Waals surface area contributed by atoms with E-state index in [1.165, 1.54) is 7.11 Å². The average Bonchev–Trinajstić information content (AvgIpc) is 2.83. The van der Waals surface area contributed by atoms with Gasteiger partial charge in [-0.2, -0.15) is 0 Å². The van der Waals surface area contributed by atoms with E-state index >= 15 is 0 Å². The zero-order chi connectivity index (χ0) is 24.3. The summed E-state index contributed by atoms with van der Waals surface area (Å²) in [4.78, 5) is 23.9. The third-order valence-corrected chi connectivity index (χ3v) is 5.76. The lowest BCUT2D eigenvalue weighted by molar-refractivity contribution is 0.0600. The molecule has 33 heavy (non-hydrogen) atoms. The topological polar surface area (TPSA) is 102 Å². The molecule has 7 heteroatoms. The molecule has 0 aromatic heterocycles. The van der Waals surface area contributed by atoms with Crippen LogP contribution in [0.1, 0.15) is 43.0 Å². The van der Waals surface area contributed by atoms with Gasteiger partial charge in [0.25, 0.3) is 0 Å². The number of esters is 1. The van der Waals surface area contributed by atoms with Crippen LogP contribution in [0, 0.1) is 13.8 Å². The van der Waals surface area contributed by atoms with Gasteiger partial charge in [-0.05, 0) is 54.3 Å². The number of ether oxygens (including phenoxy) is 3. The van der Waals surface area contributed by atoms with Gasteiger partial charge in [0.15, 0.2) is 17.8 Å². The number of carbonyl (C=O) groups is 2. The zero-order valence-electron chi connectivity index (χ0n) is 19.2. The summed E-state index contributed by atoms with van der Waals surface area (Å²) in [5.41, 5.74) is 4.21. The summed E-state index contributed by atoms with van der Waals surface area (Å²) >= 11 is 0. The Hall–Kier alpha value is -4.00. The molecule has 7 nitrogen and oxygen atoms in total. The van der Waals surface area contributed by atoms with E-state index in [2.05, 4.69) is 0 Å². The highest BCUT2D eigenvalue weighted by atomic mass is 16.5. The minimum Gasteiger partial charge on any atom is -0.504 e. The average molecular weight is 450 g/mol. The first-order valence-electron chi connectivity index (χ1n) is 10.2. The van der Waals surface area contributed by atoms with Gasteiger partial charge in [0.05, 0.1) is 32.5 Å². The van der Waals surface area contributed by atoms with Crippen molar-refractivity contribution in [3.05, 3.63) is 69.8 Å². The van der Waals surface area contributed by atoms with Crippen LogP contribution in [0.3, 0.4) is 0 Å². The Morgan fingerprint density at radius 2 is 1.61 bits per heavy atom. The molecule has 0 saturated carbocycles. The zero-order valence-corrected chi connectivity index (χ0v) is 19.2. The third-order valence-electron chi connectivity index (χ3n) is 5.76. The summed E-state index contributed by atoms with van der Waals surface area (Å²) in [6.45, 7) is 3.56. The lowest BCUT2D eigenvalue weighted by Gasteiger charge is -2.21.